The summed E-state index contributed by atoms with van der Waals surface area (Å²) in [6.45, 7) is 6.11. The molecule has 3 aromatic rings. The van der Waals surface area contributed by atoms with Crippen LogP contribution in [0.3, 0.4) is 0 Å². The van der Waals surface area contributed by atoms with Crippen LogP contribution in [0, 0.1) is 10.1 Å². The molecule has 10 nitrogen and oxygen atoms in total. The first-order valence-electron chi connectivity index (χ1n) is 11.3. The van der Waals surface area contributed by atoms with Crippen LogP contribution in [-0.2, 0) is 22.6 Å². The van der Waals surface area contributed by atoms with Crippen molar-refractivity contribution in [2.75, 3.05) is 7.11 Å². The third kappa shape index (κ3) is 5.64. The molecule has 2 heterocycles. The zero-order chi connectivity index (χ0) is 26.9. The molecule has 4 rings (SSSR count). The van der Waals surface area contributed by atoms with Gasteiger partial charge in [0.15, 0.2) is 11.9 Å². The highest BCUT2D eigenvalue weighted by atomic mass is 35.5. The van der Waals surface area contributed by atoms with Crippen molar-refractivity contribution in [2.24, 2.45) is 0 Å². The number of aromatic nitrogens is 1. The maximum Gasteiger partial charge on any atom is 0.410 e. The van der Waals surface area contributed by atoms with Gasteiger partial charge in [0.2, 0.25) is 0 Å². The molecule has 1 aliphatic rings. The lowest BCUT2D eigenvalue weighted by Gasteiger charge is -2.24. The van der Waals surface area contributed by atoms with E-state index in [-0.39, 0.29) is 27.9 Å². The summed E-state index contributed by atoms with van der Waals surface area (Å²) in [5.41, 5.74) is 2.17. The number of amides is 1. The van der Waals surface area contributed by atoms with E-state index in [2.05, 4.69) is 4.98 Å². The first-order chi connectivity index (χ1) is 17.5. The lowest BCUT2D eigenvalue weighted by Crippen LogP contribution is -2.33. The van der Waals surface area contributed by atoms with E-state index >= 15 is 0 Å². The second kappa shape index (κ2) is 10.1. The van der Waals surface area contributed by atoms with E-state index in [1.54, 1.807) is 37.8 Å². The Morgan fingerprint density at radius 1 is 1.08 bits per heavy atom. The van der Waals surface area contributed by atoms with Gasteiger partial charge in [0.25, 0.3) is 0 Å². The van der Waals surface area contributed by atoms with Crippen molar-refractivity contribution in [3.63, 3.8) is 0 Å². The number of carbonyl (C=O) groups excluding carboxylic acids is 2. The molecule has 0 fully saturated rings. The van der Waals surface area contributed by atoms with Gasteiger partial charge in [0.1, 0.15) is 16.9 Å². The van der Waals surface area contributed by atoms with E-state index in [1.807, 2.05) is 12.1 Å². The summed E-state index contributed by atoms with van der Waals surface area (Å²) in [5, 5.41) is 11.6. The maximum atomic E-state index is 12.6. The molecule has 0 atom stereocenters. The van der Waals surface area contributed by atoms with Crippen molar-refractivity contribution in [2.45, 2.75) is 39.5 Å². The van der Waals surface area contributed by atoms with E-state index < -0.39 is 22.6 Å². The number of methoxy groups -OCH3 is 1. The summed E-state index contributed by atoms with van der Waals surface area (Å²) >= 11 is 6.21. The molecule has 192 valence electrons. The van der Waals surface area contributed by atoms with Gasteiger partial charge in [-0.1, -0.05) is 29.8 Å². The number of nitro groups is 1. The zero-order valence-electron chi connectivity index (χ0n) is 20.6. The summed E-state index contributed by atoms with van der Waals surface area (Å²) < 4.78 is 16.3. The quantitative estimate of drug-likeness (QED) is 0.221. The zero-order valence-corrected chi connectivity index (χ0v) is 21.4. The summed E-state index contributed by atoms with van der Waals surface area (Å²) in [6.07, 6.45) is 0.792. The SMILES string of the molecule is COC(=O)c1c(Cl)cccc1Oc1cnc([N+](=O)[O-])cc1-c1ccc2c(c1)CN(C(=O)OC(C)(C)C)C2. The number of hydrogen-bond donors (Lipinski definition) is 0. The number of carbonyl (C=O) groups is 2. The van der Waals surface area contributed by atoms with Crippen LogP contribution in [0.25, 0.3) is 11.1 Å². The number of ether oxygens (including phenoxy) is 3. The van der Waals surface area contributed by atoms with E-state index in [9.17, 15) is 19.7 Å². The highest BCUT2D eigenvalue weighted by Crippen LogP contribution is 2.39. The van der Waals surface area contributed by atoms with Crippen LogP contribution >= 0.6 is 11.6 Å². The maximum absolute atomic E-state index is 12.6. The van der Waals surface area contributed by atoms with E-state index in [1.165, 1.54) is 31.5 Å². The molecule has 11 heteroatoms. The van der Waals surface area contributed by atoms with Gasteiger partial charge in [-0.3, -0.25) is 4.90 Å². The summed E-state index contributed by atoms with van der Waals surface area (Å²) in [6, 6.07) is 11.4. The third-order valence-corrected chi connectivity index (χ3v) is 5.83. The number of esters is 1. The standard InChI is InChI=1S/C26H24ClN3O7/c1-26(2,3)37-25(32)29-13-16-9-8-15(10-17(16)14-29)18-11-22(30(33)34)28-12-21(18)36-20-7-5-6-19(27)23(20)24(31)35-4/h5-12H,13-14H2,1-4H3. The van der Waals surface area contributed by atoms with Crippen LogP contribution < -0.4 is 4.74 Å². The van der Waals surface area contributed by atoms with Crippen molar-refractivity contribution in [3.05, 3.63) is 80.5 Å². The molecule has 0 bridgehead atoms. The molecule has 0 aliphatic carbocycles. The molecule has 0 radical (unpaired) electrons. The first kappa shape index (κ1) is 25.9. The molecule has 1 amide bonds. The Morgan fingerprint density at radius 3 is 2.49 bits per heavy atom. The Hall–Kier alpha value is -4.18. The van der Waals surface area contributed by atoms with Crippen molar-refractivity contribution in [1.29, 1.82) is 0 Å². The van der Waals surface area contributed by atoms with E-state index in [0.29, 0.717) is 24.2 Å². The smallest absolute Gasteiger partial charge is 0.410 e. The molecular formula is C26H24ClN3O7. The van der Waals surface area contributed by atoms with Gasteiger partial charge in [-0.15, -0.1) is 0 Å². The van der Waals surface area contributed by atoms with Gasteiger partial charge >= 0.3 is 17.9 Å². The van der Waals surface area contributed by atoms with Crippen LogP contribution in [-0.4, -0.2) is 39.6 Å². The van der Waals surface area contributed by atoms with Gasteiger partial charge in [-0.05, 0) is 65.6 Å². The molecule has 1 aliphatic heterocycles. The number of nitrogens with zero attached hydrogens (tertiary/aromatic N) is 3. The third-order valence-electron chi connectivity index (χ3n) is 5.52. The fraction of sp³-hybridized carbons (Fsp3) is 0.269. The second-order valence-corrected chi connectivity index (χ2v) is 9.73. The normalized spacial score (nSPS) is 12.6. The molecule has 1 aromatic heterocycles. The molecule has 2 aromatic carbocycles. The predicted molar refractivity (Wildman–Crippen MR) is 135 cm³/mol. The monoisotopic (exact) mass is 525 g/mol. The summed E-state index contributed by atoms with van der Waals surface area (Å²) in [5.74, 6) is -0.803. The highest BCUT2D eigenvalue weighted by Gasteiger charge is 2.29. The molecule has 0 saturated heterocycles. The van der Waals surface area contributed by atoms with Crippen LogP contribution in [0.15, 0.2) is 48.7 Å². The largest absolute Gasteiger partial charge is 0.465 e. The lowest BCUT2D eigenvalue weighted by atomic mass is 10.0. The van der Waals surface area contributed by atoms with Gasteiger partial charge in [-0.2, -0.15) is 0 Å². The minimum atomic E-state index is -0.697. The van der Waals surface area contributed by atoms with E-state index in [4.69, 9.17) is 25.8 Å². The van der Waals surface area contributed by atoms with Gasteiger partial charge in [0, 0.05) is 24.7 Å². The fourth-order valence-corrected chi connectivity index (χ4v) is 4.11. The van der Waals surface area contributed by atoms with Gasteiger partial charge in [-0.25, -0.2) is 9.59 Å². The Labute approximate surface area is 217 Å². The van der Waals surface area contributed by atoms with Crippen molar-refractivity contribution < 1.29 is 28.7 Å². The van der Waals surface area contributed by atoms with Crippen LogP contribution in [0.1, 0.15) is 42.3 Å². The summed E-state index contributed by atoms with van der Waals surface area (Å²) in [7, 11) is 1.22. The van der Waals surface area contributed by atoms with Gasteiger partial charge < -0.3 is 24.3 Å². The van der Waals surface area contributed by atoms with Crippen LogP contribution in [0.2, 0.25) is 5.02 Å². The van der Waals surface area contributed by atoms with E-state index in [0.717, 1.165) is 11.1 Å². The molecule has 0 N–H and O–H groups in total. The molecule has 0 saturated carbocycles. The fourth-order valence-electron chi connectivity index (χ4n) is 3.86. The number of benzene rings is 2. The average molecular weight is 526 g/mol. The second-order valence-electron chi connectivity index (χ2n) is 9.32. The number of halogens is 1. The number of pyridine rings is 1. The average Bonchev–Trinajstić information content (AvgIpc) is 3.26. The molecule has 0 spiro atoms. The Balaban J connectivity index is 1.72. The minimum absolute atomic E-state index is 0.0120. The van der Waals surface area contributed by atoms with Crippen molar-refractivity contribution in [3.8, 4) is 22.6 Å². The summed E-state index contributed by atoms with van der Waals surface area (Å²) in [4.78, 5) is 41.2. The Bertz CT molecular complexity index is 1400. The Morgan fingerprint density at radius 2 is 1.81 bits per heavy atom. The molecule has 0 unspecified atom stereocenters. The van der Waals surface area contributed by atoms with Crippen molar-refractivity contribution >= 4 is 29.5 Å². The lowest BCUT2D eigenvalue weighted by molar-refractivity contribution is -0.389. The molecular weight excluding hydrogens is 502 g/mol. The topological polar surface area (TPSA) is 121 Å². The van der Waals surface area contributed by atoms with Crippen LogP contribution in [0.4, 0.5) is 10.6 Å². The Kier molecular flexibility index (Phi) is 7.04. The number of hydrogen-bond acceptors (Lipinski definition) is 8. The highest BCUT2D eigenvalue weighted by molar-refractivity contribution is 6.34. The predicted octanol–water partition coefficient (Wildman–Crippen LogP) is 6.14. The number of fused-ring (bicyclic) bond motifs is 1. The molecule has 37 heavy (non-hydrogen) atoms. The minimum Gasteiger partial charge on any atom is -0.465 e. The van der Waals surface area contributed by atoms with Crippen LogP contribution in [0.5, 0.6) is 11.5 Å². The van der Waals surface area contributed by atoms with Crippen molar-refractivity contribution in [1.82, 2.24) is 9.88 Å². The number of rotatable bonds is 5. The first-order valence-corrected chi connectivity index (χ1v) is 11.6. The van der Waals surface area contributed by atoms with Gasteiger partial charge in [0.05, 0.1) is 12.1 Å².